The van der Waals surface area contributed by atoms with E-state index in [9.17, 15) is 5.11 Å². The van der Waals surface area contributed by atoms with E-state index in [1.165, 1.54) is 0 Å². The summed E-state index contributed by atoms with van der Waals surface area (Å²) in [6, 6.07) is 8.96. The summed E-state index contributed by atoms with van der Waals surface area (Å²) in [7, 11) is 0. The van der Waals surface area contributed by atoms with Gasteiger partial charge in [0, 0.05) is 0 Å². The molecule has 82 valence electrons. The van der Waals surface area contributed by atoms with Crippen molar-refractivity contribution in [2.75, 3.05) is 0 Å². The Labute approximate surface area is 94.5 Å². The van der Waals surface area contributed by atoms with Crippen molar-refractivity contribution in [2.24, 2.45) is 5.73 Å². The molecule has 4 heteroatoms. The second-order valence-electron chi connectivity index (χ2n) is 3.46. The number of thiocarbonyl (C=S) groups is 1. The van der Waals surface area contributed by atoms with Crippen LogP contribution in [0.15, 0.2) is 30.3 Å². The second kappa shape index (κ2) is 5.80. The molecule has 0 aliphatic heterocycles. The lowest BCUT2D eigenvalue weighted by molar-refractivity contribution is 0.152. The van der Waals surface area contributed by atoms with E-state index < -0.39 is 12.1 Å². The lowest BCUT2D eigenvalue weighted by atomic mass is 10.0. The highest BCUT2D eigenvalue weighted by atomic mass is 32.1. The first kappa shape index (κ1) is 12.1. The van der Waals surface area contributed by atoms with Gasteiger partial charge in [0.1, 0.15) is 0 Å². The summed E-state index contributed by atoms with van der Waals surface area (Å²) >= 11 is 4.50. The van der Waals surface area contributed by atoms with Gasteiger partial charge < -0.3 is 15.9 Å². The minimum atomic E-state index is -0.830. The Morgan fingerprint density at radius 2 is 1.93 bits per heavy atom. The Bertz CT molecular complexity index is 316. The Morgan fingerprint density at radius 1 is 1.33 bits per heavy atom. The van der Waals surface area contributed by atoms with Crippen molar-refractivity contribution >= 4 is 17.3 Å². The summed E-state index contributed by atoms with van der Waals surface area (Å²) < 4.78 is 0. The third-order valence-corrected chi connectivity index (χ3v) is 2.54. The first-order valence-corrected chi connectivity index (χ1v) is 5.22. The van der Waals surface area contributed by atoms with Gasteiger partial charge in [0.2, 0.25) is 0 Å². The van der Waals surface area contributed by atoms with E-state index in [0.717, 1.165) is 12.0 Å². The van der Waals surface area contributed by atoms with Crippen LogP contribution in [0.1, 0.15) is 12.0 Å². The summed E-state index contributed by atoms with van der Waals surface area (Å²) in [5.41, 5.74) is 6.61. The van der Waals surface area contributed by atoms with Gasteiger partial charge >= 0.3 is 0 Å². The van der Waals surface area contributed by atoms with Crippen molar-refractivity contribution in [3.63, 3.8) is 0 Å². The van der Waals surface area contributed by atoms with Gasteiger partial charge in [-0.3, -0.25) is 0 Å². The van der Waals surface area contributed by atoms with Crippen molar-refractivity contribution < 1.29 is 10.2 Å². The molecule has 0 bridgehead atoms. The van der Waals surface area contributed by atoms with E-state index in [1.54, 1.807) is 0 Å². The maximum atomic E-state index is 9.58. The smallest absolute Gasteiger partial charge is 0.176 e. The van der Waals surface area contributed by atoms with E-state index in [0.29, 0.717) is 6.42 Å². The molecule has 3 nitrogen and oxygen atoms in total. The highest BCUT2D eigenvalue weighted by Gasteiger charge is 2.18. The predicted octanol–water partition coefficient (Wildman–Crippen LogP) is 1.19. The average Bonchev–Trinajstić information content (AvgIpc) is 2.26. The molecule has 0 saturated carbocycles. The Morgan fingerprint density at radius 3 is 2.47 bits per heavy atom. The molecule has 1 aromatic rings. The van der Waals surface area contributed by atoms with E-state index in [4.69, 9.17) is 10.8 Å². The fraction of sp³-hybridized carbons (Fsp3) is 0.364. The van der Waals surface area contributed by atoms with E-state index in [1.807, 2.05) is 30.3 Å². The zero-order valence-corrected chi connectivity index (χ0v) is 9.15. The van der Waals surface area contributed by atoms with Gasteiger partial charge in [-0.1, -0.05) is 30.3 Å². The monoisotopic (exact) mass is 225 g/mol. The molecule has 4 N–H and O–H groups in total. The molecule has 1 rings (SSSR count). The summed E-state index contributed by atoms with van der Waals surface area (Å²) in [4.78, 5) is 0. The minimum Gasteiger partial charge on any atom is -0.501 e. The van der Waals surface area contributed by atoms with Crippen molar-refractivity contribution in [3.05, 3.63) is 35.9 Å². The van der Waals surface area contributed by atoms with Crippen LogP contribution in [0.5, 0.6) is 0 Å². The topological polar surface area (TPSA) is 66.5 Å². The predicted molar refractivity (Wildman–Crippen MR) is 64.0 cm³/mol. The van der Waals surface area contributed by atoms with Crippen LogP contribution in [0.2, 0.25) is 0 Å². The second-order valence-corrected chi connectivity index (χ2v) is 3.87. The molecule has 0 heterocycles. The third-order valence-electron chi connectivity index (χ3n) is 2.27. The largest absolute Gasteiger partial charge is 0.501 e. The summed E-state index contributed by atoms with van der Waals surface area (Å²) in [6.45, 7) is 0. The van der Waals surface area contributed by atoms with Crippen LogP contribution in [0.4, 0.5) is 0 Å². The lowest BCUT2D eigenvalue weighted by Gasteiger charge is -2.16. The normalized spacial score (nSPS) is 14.5. The number of aliphatic hydroxyl groups excluding tert-OH is 2. The van der Waals surface area contributed by atoms with E-state index in [-0.39, 0.29) is 5.05 Å². The highest BCUT2D eigenvalue weighted by molar-refractivity contribution is 7.80. The van der Waals surface area contributed by atoms with Crippen LogP contribution < -0.4 is 5.73 Å². The maximum Gasteiger partial charge on any atom is 0.176 e. The van der Waals surface area contributed by atoms with Crippen molar-refractivity contribution in [1.29, 1.82) is 0 Å². The van der Waals surface area contributed by atoms with Crippen LogP contribution in [-0.4, -0.2) is 27.4 Å². The van der Waals surface area contributed by atoms with Crippen molar-refractivity contribution in [1.82, 2.24) is 0 Å². The van der Waals surface area contributed by atoms with Gasteiger partial charge in [-0.2, -0.15) is 0 Å². The number of hydrogen-bond donors (Lipinski definition) is 3. The van der Waals surface area contributed by atoms with Crippen molar-refractivity contribution in [2.45, 2.75) is 25.0 Å². The number of hydrogen-bond acceptors (Lipinski definition) is 3. The first-order valence-electron chi connectivity index (χ1n) is 4.81. The molecular weight excluding hydrogens is 210 g/mol. The summed E-state index contributed by atoms with van der Waals surface area (Å²) in [5.74, 6) is 0. The molecule has 0 aromatic heterocycles. The molecule has 0 amide bonds. The molecule has 2 atom stereocenters. The molecule has 2 unspecified atom stereocenters. The SMILES string of the molecule is NC(C(O)=S)C(O)CCc1ccccc1. The van der Waals surface area contributed by atoms with Gasteiger partial charge in [0.15, 0.2) is 5.05 Å². The zero-order valence-electron chi connectivity index (χ0n) is 8.34. The molecule has 0 aliphatic carbocycles. The van der Waals surface area contributed by atoms with Crippen LogP contribution in [0, 0.1) is 0 Å². The molecular formula is C11H15NO2S. The molecule has 0 saturated heterocycles. The number of benzene rings is 1. The van der Waals surface area contributed by atoms with Crippen molar-refractivity contribution in [3.8, 4) is 0 Å². The first-order chi connectivity index (χ1) is 7.11. The Balaban J connectivity index is 2.41. The number of aryl methyl sites for hydroxylation is 1. The van der Waals surface area contributed by atoms with E-state index >= 15 is 0 Å². The minimum absolute atomic E-state index is 0.337. The zero-order chi connectivity index (χ0) is 11.3. The number of nitrogens with two attached hydrogens (primary N) is 1. The van der Waals surface area contributed by atoms with Crippen LogP contribution in [0.25, 0.3) is 0 Å². The fourth-order valence-corrected chi connectivity index (χ4v) is 1.46. The molecule has 0 fully saturated rings. The van der Waals surface area contributed by atoms with Crippen LogP contribution >= 0.6 is 12.2 Å². The molecule has 1 aromatic carbocycles. The average molecular weight is 225 g/mol. The van der Waals surface area contributed by atoms with Crippen LogP contribution in [-0.2, 0) is 6.42 Å². The lowest BCUT2D eigenvalue weighted by Crippen LogP contribution is -2.41. The molecule has 15 heavy (non-hydrogen) atoms. The third kappa shape index (κ3) is 3.95. The standard InChI is InChI=1S/C11H15NO2S/c12-10(11(14)15)9(13)7-6-8-4-2-1-3-5-8/h1-5,9-10,13H,6-7,12H2,(H,14,15). The van der Waals surface area contributed by atoms with Gasteiger partial charge in [-0.25, -0.2) is 0 Å². The highest BCUT2D eigenvalue weighted by Crippen LogP contribution is 2.07. The van der Waals surface area contributed by atoms with Gasteiger partial charge in [0.05, 0.1) is 12.1 Å². The number of rotatable bonds is 5. The molecule has 0 spiro atoms. The molecule has 0 radical (unpaired) electrons. The number of aliphatic hydroxyl groups is 2. The van der Waals surface area contributed by atoms with Gasteiger partial charge in [-0.05, 0) is 30.6 Å². The molecule has 0 aliphatic rings. The summed E-state index contributed by atoms with van der Waals surface area (Å²) in [5, 5.41) is 18.2. The van der Waals surface area contributed by atoms with Gasteiger partial charge in [-0.15, -0.1) is 0 Å². The Hall–Kier alpha value is -0.970. The van der Waals surface area contributed by atoms with Crippen LogP contribution in [0.3, 0.4) is 0 Å². The Kier molecular flexibility index (Phi) is 4.68. The van der Waals surface area contributed by atoms with E-state index in [2.05, 4.69) is 12.2 Å². The fourth-order valence-electron chi connectivity index (χ4n) is 1.30. The quantitative estimate of drug-likeness (QED) is 0.659. The van der Waals surface area contributed by atoms with Gasteiger partial charge in [0.25, 0.3) is 0 Å². The maximum absolute atomic E-state index is 9.58. The summed E-state index contributed by atoms with van der Waals surface area (Å²) in [6.07, 6.45) is 0.423.